The van der Waals surface area contributed by atoms with E-state index >= 15 is 0 Å². The van der Waals surface area contributed by atoms with Crippen molar-refractivity contribution in [3.63, 3.8) is 0 Å². The van der Waals surface area contributed by atoms with Crippen LogP contribution in [-0.4, -0.2) is 27.1 Å². The molecule has 0 bridgehead atoms. The molecular weight excluding hydrogens is 204 g/mol. The predicted molar refractivity (Wildman–Crippen MR) is 66.6 cm³/mol. The van der Waals surface area contributed by atoms with Crippen LogP contribution in [0.25, 0.3) is 0 Å². The van der Waals surface area contributed by atoms with Gasteiger partial charge in [0.05, 0.1) is 12.2 Å². The van der Waals surface area contributed by atoms with E-state index in [1.165, 1.54) is 0 Å². The first-order valence-corrected chi connectivity index (χ1v) is 8.55. The first kappa shape index (κ1) is 12.9. The van der Waals surface area contributed by atoms with Crippen LogP contribution in [0, 0.1) is 0 Å². The SMILES string of the molecule is C=CC1(O[Si](C)(C)C(C)(C)C)CCOC1. The highest BCUT2D eigenvalue weighted by Gasteiger charge is 2.45. The van der Waals surface area contributed by atoms with Crippen molar-refractivity contribution in [1.29, 1.82) is 0 Å². The molecule has 1 unspecified atom stereocenters. The van der Waals surface area contributed by atoms with Gasteiger partial charge in [-0.3, -0.25) is 0 Å². The summed E-state index contributed by atoms with van der Waals surface area (Å²) in [6.07, 6.45) is 2.88. The number of ether oxygens (including phenoxy) is 1. The van der Waals surface area contributed by atoms with Gasteiger partial charge in [0.25, 0.3) is 0 Å². The quantitative estimate of drug-likeness (QED) is 0.545. The van der Waals surface area contributed by atoms with E-state index in [2.05, 4.69) is 40.4 Å². The van der Waals surface area contributed by atoms with E-state index in [1.54, 1.807) is 0 Å². The first-order valence-electron chi connectivity index (χ1n) is 5.64. The van der Waals surface area contributed by atoms with Crippen LogP contribution in [0.1, 0.15) is 27.2 Å². The Hall–Kier alpha value is -0.123. The molecule has 0 N–H and O–H groups in total. The third kappa shape index (κ3) is 2.71. The lowest BCUT2D eigenvalue weighted by molar-refractivity contribution is 0.0776. The second kappa shape index (κ2) is 4.04. The second-order valence-corrected chi connectivity index (χ2v) is 10.7. The van der Waals surface area contributed by atoms with Crippen LogP contribution in [-0.2, 0) is 9.16 Å². The molecule has 1 rings (SSSR count). The molecule has 0 amide bonds. The Kier molecular flexibility index (Phi) is 3.48. The van der Waals surface area contributed by atoms with Crippen molar-refractivity contribution < 1.29 is 9.16 Å². The minimum atomic E-state index is -1.71. The molecule has 0 aliphatic carbocycles. The van der Waals surface area contributed by atoms with Crippen molar-refractivity contribution >= 4 is 8.32 Å². The maximum Gasteiger partial charge on any atom is 0.193 e. The van der Waals surface area contributed by atoms with Crippen LogP contribution >= 0.6 is 0 Å². The van der Waals surface area contributed by atoms with Crippen molar-refractivity contribution in [2.75, 3.05) is 13.2 Å². The van der Waals surface area contributed by atoms with Gasteiger partial charge in [0, 0.05) is 13.0 Å². The Bertz CT molecular complexity index is 234. The van der Waals surface area contributed by atoms with Gasteiger partial charge in [0.1, 0.15) is 0 Å². The lowest BCUT2D eigenvalue weighted by atomic mass is 10.1. The normalized spacial score (nSPS) is 28.1. The fourth-order valence-corrected chi connectivity index (χ4v) is 3.07. The summed E-state index contributed by atoms with van der Waals surface area (Å²) in [7, 11) is -1.71. The van der Waals surface area contributed by atoms with Crippen LogP contribution in [0.3, 0.4) is 0 Å². The monoisotopic (exact) mass is 228 g/mol. The third-order valence-corrected chi connectivity index (χ3v) is 8.18. The first-order chi connectivity index (χ1) is 6.72. The lowest BCUT2D eigenvalue weighted by Crippen LogP contribution is -2.49. The molecule has 2 nitrogen and oxygen atoms in total. The molecule has 0 radical (unpaired) electrons. The highest BCUT2D eigenvalue weighted by atomic mass is 28.4. The zero-order valence-electron chi connectivity index (χ0n) is 10.7. The van der Waals surface area contributed by atoms with Crippen molar-refractivity contribution in [3.05, 3.63) is 12.7 Å². The highest BCUT2D eigenvalue weighted by molar-refractivity contribution is 6.74. The number of hydrogen-bond acceptors (Lipinski definition) is 2. The molecule has 0 aromatic carbocycles. The van der Waals surface area contributed by atoms with Crippen molar-refractivity contribution in [1.82, 2.24) is 0 Å². The van der Waals surface area contributed by atoms with Crippen LogP contribution in [0.5, 0.6) is 0 Å². The van der Waals surface area contributed by atoms with Gasteiger partial charge in [0.2, 0.25) is 0 Å². The smallest absolute Gasteiger partial charge is 0.193 e. The van der Waals surface area contributed by atoms with Crippen LogP contribution in [0.2, 0.25) is 18.1 Å². The van der Waals surface area contributed by atoms with Gasteiger partial charge in [-0.2, -0.15) is 0 Å². The Morgan fingerprint density at radius 1 is 1.40 bits per heavy atom. The van der Waals surface area contributed by atoms with Crippen molar-refractivity contribution in [2.24, 2.45) is 0 Å². The number of hydrogen-bond donors (Lipinski definition) is 0. The topological polar surface area (TPSA) is 18.5 Å². The summed E-state index contributed by atoms with van der Waals surface area (Å²) in [6.45, 7) is 16.7. The largest absolute Gasteiger partial charge is 0.406 e. The van der Waals surface area contributed by atoms with Gasteiger partial charge in [-0.1, -0.05) is 26.8 Å². The average Bonchev–Trinajstić information content (AvgIpc) is 2.51. The van der Waals surface area contributed by atoms with E-state index in [9.17, 15) is 0 Å². The molecule has 3 heteroatoms. The number of rotatable bonds is 3. The zero-order valence-corrected chi connectivity index (χ0v) is 11.7. The maximum absolute atomic E-state index is 6.40. The van der Waals surface area contributed by atoms with Crippen LogP contribution in [0.15, 0.2) is 12.7 Å². The molecule has 1 saturated heterocycles. The molecule has 0 saturated carbocycles. The zero-order chi connectivity index (χ0) is 11.7. The molecule has 1 atom stereocenters. The van der Waals surface area contributed by atoms with E-state index < -0.39 is 8.32 Å². The standard InChI is InChI=1S/C12H24O2Si/c1-7-12(8-9-13-10-12)14-15(5,6)11(2,3)4/h7H,1,8-10H2,2-6H3. The van der Waals surface area contributed by atoms with E-state index in [-0.39, 0.29) is 10.6 Å². The molecule has 0 spiro atoms. The minimum Gasteiger partial charge on any atom is -0.406 e. The summed E-state index contributed by atoms with van der Waals surface area (Å²) >= 11 is 0. The van der Waals surface area contributed by atoms with Gasteiger partial charge in [-0.05, 0) is 18.1 Å². The molecule has 1 heterocycles. The Morgan fingerprint density at radius 2 is 2.00 bits per heavy atom. The Labute approximate surface area is 94.8 Å². The molecule has 1 aliphatic heterocycles. The van der Waals surface area contributed by atoms with Gasteiger partial charge >= 0.3 is 0 Å². The second-order valence-electron chi connectivity index (χ2n) is 5.93. The highest BCUT2D eigenvalue weighted by Crippen LogP contribution is 2.41. The summed E-state index contributed by atoms with van der Waals surface area (Å²) < 4.78 is 11.8. The molecule has 88 valence electrons. The van der Waals surface area contributed by atoms with E-state index in [0.29, 0.717) is 6.61 Å². The van der Waals surface area contributed by atoms with Crippen LogP contribution < -0.4 is 0 Å². The van der Waals surface area contributed by atoms with Gasteiger partial charge < -0.3 is 9.16 Å². The van der Waals surface area contributed by atoms with Crippen LogP contribution in [0.4, 0.5) is 0 Å². The van der Waals surface area contributed by atoms with Gasteiger partial charge in [0.15, 0.2) is 8.32 Å². The van der Waals surface area contributed by atoms with Crippen molar-refractivity contribution in [2.45, 2.75) is 50.9 Å². The molecular formula is C12H24O2Si. The summed E-state index contributed by atoms with van der Waals surface area (Å²) in [6, 6.07) is 0. The van der Waals surface area contributed by atoms with Crippen molar-refractivity contribution in [3.8, 4) is 0 Å². The molecule has 0 aromatic rings. The van der Waals surface area contributed by atoms with E-state index in [4.69, 9.17) is 9.16 Å². The third-order valence-electron chi connectivity index (χ3n) is 3.65. The molecule has 1 fully saturated rings. The van der Waals surface area contributed by atoms with Gasteiger partial charge in [-0.25, -0.2) is 0 Å². The predicted octanol–water partition coefficient (Wildman–Crippen LogP) is 3.35. The molecule has 15 heavy (non-hydrogen) atoms. The molecule has 0 aromatic heterocycles. The summed E-state index contributed by atoms with van der Waals surface area (Å²) in [5.41, 5.74) is -0.219. The summed E-state index contributed by atoms with van der Waals surface area (Å²) in [4.78, 5) is 0. The lowest BCUT2D eigenvalue weighted by Gasteiger charge is -2.42. The maximum atomic E-state index is 6.40. The fourth-order valence-electron chi connectivity index (χ4n) is 1.51. The van der Waals surface area contributed by atoms with Gasteiger partial charge in [-0.15, -0.1) is 6.58 Å². The summed E-state index contributed by atoms with van der Waals surface area (Å²) in [5, 5.41) is 0.242. The molecule has 1 aliphatic rings. The van der Waals surface area contributed by atoms with E-state index in [1.807, 2.05) is 6.08 Å². The van der Waals surface area contributed by atoms with E-state index in [0.717, 1.165) is 13.0 Å². The fraction of sp³-hybridized carbons (Fsp3) is 0.833. The summed E-state index contributed by atoms with van der Waals surface area (Å²) in [5.74, 6) is 0. The average molecular weight is 228 g/mol. The Balaban J connectivity index is 2.79. The minimum absolute atomic E-state index is 0.219. The Morgan fingerprint density at radius 3 is 2.33 bits per heavy atom.